The van der Waals surface area contributed by atoms with Crippen LogP contribution in [0.2, 0.25) is 5.02 Å². The van der Waals surface area contributed by atoms with Crippen LogP contribution >= 0.6 is 27.5 Å². The van der Waals surface area contributed by atoms with E-state index in [1.54, 1.807) is 49.4 Å². The fourth-order valence-electron chi connectivity index (χ4n) is 3.92. The van der Waals surface area contributed by atoms with Gasteiger partial charge in [0.2, 0.25) is 5.75 Å². The van der Waals surface area contributed by atoms with Gasteiger partial charge in [0.25, 0.3) is 11.5 Å². The second-order valence-electron chi connectivity index (χ2n) is 8.70. The number of ether oxygens (including phenoxy) is 2. The molecule has 0 saturated carbocycles. The first-order valence-corrected chi connectivity index (χ1v) is 13.8. The number of nitrogens with one attached hydrogen (secondary N) is 1. The summed E-state index contributed by atoms with van der Waals surface area (Å²) >= 11 is 9.24. The summed E-state index contributed by atoms with van der Waals surface area (Å²) < 4.78 is 13.1. The molecule has 4 rings (SSSR count). The molecule has 41 heavy (non-hydrogen) atoms. The fourth-order valence-corrected chi connectivity index (χ4v) is 4.40. The quantitative estimate of drug-likeness (QED) is 0.121. The van der Waals surface area contributed by atoms with Gasteiger partial charge in [-0.3, -0.25) is 19.7 Å². The fraction of sp³-hybridized carbons (Fsp3) is 0.214. The highest BCUT2D eigenvalue weighted by molar-refractivity contribution is 9.10. The number of nitro benzene ring substituents is 1. The number of amides is 1. The lowest BCUT2D eigenvalue weighted by Crippen LogP contribution is -2.22. The zero-order valence-corrected chi connectivity index (χ0v) is 24.4. The molecule has 3 aromatic carbocycles. The molecule has 1 aromatic heterocycles. The Morgan fingerprint density at radius 1 is 1.17 bits per heavy atom. The number of fused-ring (bicyclic) bond motifs is 1. The van der Waals surface area contributed by atoms with Crippen molar-refractivity contribution in [1.29, 1.82) is 0 Å². The molecule has 1 amide bonds. The van der Waals surface area contributed by atoms with E-state index in [1.165, 1.54) is 23.0 Å². The molecule has 1 heterocycles. The first-order valence-electron chi connectivity index (χ1n) is 12.6. The number of anilines is 1. The van der Waals surface area contributed by atoms with Crippen molar-refractivity contribution in [1.82, 2.24) is 9.66 Å². The molecule has 0 spiro atoms. The molecule has 212 valence electrons. The number of rotatable bonds is 11. The van der Waals surface area contributed by atoms with Crippen molar-refractivity contribution in [2.45, 2.75) is 26.7 Å². The molecule has 11 nitrogen and oxygen atoms in total. The van der Waals surface area contributed by atoms with Gasteiger partial charge >= 0.3 is 5.69 Å². The number of carbonyl (C=O) groups excluding carboxylic acids is 1. The Morgan fingerprint density at radius 2 is 1.93 bits per heavy atom. The molecule has 0 aliphatic rings. The minimum atomic E-state index is -0.643. The van der Waals surface area contributed by atoms with Gasteiger partial charge in [0.05, 0.1) is 28.6 Å². The Hall–Kier alpha value is -4.29. The van der Waals surface area contributed by atoms with E-state index in [9.17, 15) is 19.7 Å². The van der Waals surface area contributed by atoms with Crippen LogP contribution in [0.3, 0.4) is 0 Å². The first kappa shape index (κ1) is 29.7. The summed E-state index contributed by atoms with van der Waals surface area (Å²) in [5.41, 5.74) is 0.508. The van der Waals surface area contributed by atoms with E-state index in [2.05, 4.69) is 31.3 Å². The third-order valence-electron chi connectivity index (χ3n) is 5.70. The molecule has 0 bridgehead atoms. The van der Waals surface area contributed by atoms with Crippen LogP contribution in [0.5, 0.6) is 11.5 Å². The lowest BCUT2D eigenvalue weighted by molar-refractivity contribution is -0.385. The number of hydrogen-bond acceptors (Lipinski definition) is 8. The van der Waals surface area contributed by atoms with E-state index in [1.807, 2.05) is 6.92 Å². The minimum Gasteiger partial charge on any atom is -0.490 e. The van der Waals surface area contributed by atoms with Crippen molar-refractivity contribution in [2.24, 2.45) is 5.10 Å². The van der Waals surface area contributed by atoms with Crippen LogP contribution in [0, 0.1) is 10.1 Å². The van der Waals surface area contributed by atoms with Crippen LogP contribution in [-0.4, -0.2) is 39.9 Å². The van der Waals surface area contributed by atoms with Gasteiger partial charge in [-0.25, -0.2) is 4.98 Å². The molecular weight excluding hydrogens is 618 g/mol. The van der Waals surface area contributed by atoms with E-state index >= 15 is 0 Å². The van der Waals surface area contributed by atoms with Crippen LogP contribution in [-0.2, 0) is 11.2 Å². The maximum absolute atomic E-state index is 13.3. The zero-order valence-electron chi connectivity index (χ0n) is 22.1. The van der Waals surface area contributed by atoms with Crippen molar-refractivity contribution in [2.75, 3.05) is 18.5 Å². The highest BCUT2D eigenvalue weighted by atomic mass is 79.9. The predicted molar refractivity (Wildman–Crippen MR) is 161 cm³/mol. The number of nitro groups is 1. The van der Waals surface area contributed by atoms with Gasteiger partial charge < -0.3 is 14.8 Å². The number of benzene rings is 3. The standard InChI is InChI=1S/C28H25BrClN5O6/c1-3-5-25-33-22-11-6-18(29)14-21(22)28(37)34(25)31-15-17-12-23(35(38)39)27(24(13-17)40-4-2)41-16-26(36)32-20-9-7-19(30)8-10-20/h6-15H,3-5,16H2,1-2H3,(H,32,36). The van der Waals surface area contributed by atoms with E-state index in [0.717, 1.165) is 10.9 Å². The molecule has 0 aliphatic carbocycles. The highest BCUT2D eigenvalue weighted by Gasteiger charge is 2.23. The smallest absolute Gasteiger partial charge is 0.315 e. The second kappa shape index (κ2) is 13.4. The monoisotopic (exact) mass is 641 g/mol. The topological polar surface area (TPSA) is 138 Å². The minimum absolute atomic E-state index is 0.0455. The van der Waals surface area contributed by atoms with E-state index < -0.39 is 23.1 Å². The van der Waals surface area contributed by atoms with Crippen LogP contribution in [0.25, 0.3) is 10.9 Å². The largest absolute Gasteiger partial charge is 0.490 e. The molecule has 0 unspecified atom stereocenters. The summed E-state index contributed by atoms with van der Waals surface area (Å²) in [6, 6.07) is 14.4. The average Bonchev–Trinajstić information content (AvgIpc) is 2.94. The van der Waals surface area contributed by atoms with Gasteiger partial charge in [-0.2, -0.15) is 9.78 Å². The van der Waals surface area contributed by atoms with E-state index in [0.29, 0.717) is 33.9 Å². The Labute approximate surface area is 248 Å². The molecule has 1 N–H and O–H groups in total. The van der Waals surface area contributed by atoms with Crippen LogP contribution < -0.4 is 20.3 Å². The molecular formula is C28H25BrClN5O6. The summed E-state index contributed by atoms with van der Waals surface area (Å²) in [5, 5.41) is 19.8. The van der Waals surface area contributed by atoms with E-state index in [4.69, 9.17) is 21.1 Å². The van der Waals surface area contributed by atoms with Gasteiger partial charge in [-0.05, 0) is 61.9 Å². The van der Waals surface area contributed by atoms with Crippen LogP contribution in [0.4, 0.5) is 11.4 Å². The molecule has 0 radical (unpaired) electrons. The Bertz CT molecular complexity index is 1690. The van der Waals surface area contributed by atoms with Gasteiger partial charge in [0, 0.05) is 33.2 Å². The zero-order chi connectivity index (χ0) is 29.5. The van der Waals surface area contributed by atoms with Crippen molar-refractivity contribution < 1.29 is 19.2 Å². The Kier molecular flexibility index (Phi) is 9.69. The van der Waals surface area contributed by atoms with Gasteiger partial charge in [0.15, 0.2) is 12.4 Å². The summed E-state index contributed by atoms with van der Waals surface area (Å²) in [4.78, 5) is 41.7. The summed E-state index contributed by atoms with van der Waals surface area (Å²) in [6.07, 6.45) is 2.54. The maximum Gasteiger partial charge on any atom is 0.315 e. The molecule has 0 aliphatic heterocycles. The lowest BCUT2D eigenvalue weighted by atomic mass is 10.2. The van der Waals surface area contributed by atoms with Crippen LogP contribution in [0.1, 0.15) is 31.7 Å². The molecule has 0 atom stereocenters. The summed E-state index contributed by atoms with van der Waals surface area (Å²) in [6.45, 7) is 3.33. The van der Waals surface area contributed by atoms with Crippen molar-refractivity contribution in [3.8, 4) is 11.5 Å². The number of carbonyl (C=O) groups is 1. The number of aryl methyl sites for hydroxylation is 1. The van der Waals surface area contributed by atoms with Gasteiger partial charge in [0.1, 0.15) is 5.82 Å². The third kappa shape index (κ3) is 7.27. The molecule has 13 heteroatoms. The lowest BCUT2D eigenvalue weighted by Gasteiger charge is -2.13. The van der Waals surface area contributed by atoms with Crippen molar-refractivity contribution >= 4 is 61.9 Å². The van der Waals surface area contributed by atoms with Crippen LogP contribution in [0.15, 0.2) is 69.0 Å². The van der Waals surface area contributed by atoms with Gasteiger partial charge in [-0.1, -0.05) is 34.5 Å². The Balaban J connectivity index is 1.67. The average molecular weight is 643 g/mol. The SMILES string of the molecule is CCCc1nc2ccc(Br)cc2c(=O)n1N=Cc1cc(OCC)c(OCC(=O)Nc2ccc(Cl)cc2)c([N+](=O)[O-])c1. The third-order valence-corrected chi connectivity index (χ3v) is 6.45. The summed E-state index contributed by atoms with van der Waals surface area (Å²) in [5.74, 6) is -0.242. The highest BCUT2D eigenvalue weighted by Crippen LogP contribution is 2.38. The van der Waals surface area contributed by atoms with E-state index in [-0.39, 0.29) is 29.2 Å². The Morgan fingerprint density at radius 3 is 2.61 bits per heavy atom. The summed E-state index contributed by atoms with van der Waals surface area (Å²) in [7, 11) is 0. The van der Waals surface area contributed by atoms with Crippen molar-refractivity contribution in [3.05, 3.63) is 95.9 Å². The number of aromatic nitrogens is 2. The van der Waals surface area contributed by atoms with Crippen molar-refractivity contribution in [3.63, 3.8) is 0 Å². The first-order chi connectivity index (χ1) is 19.7. The van der Waals surface area contributed by atoms with Gasteiger partial charge in [-0.15, -0.1) is 0 Å². The molecule has 0 fully saturated rings. The number of hydrogen-bond donors (Lipinski definition) is 1. The number of nitrogens with zero attached hydrogens (tertiary/aromatic N) is 4. The molecule has 4 aromatic rings. The molecule has 0 saturated heterocycles. The normalized spacial score (nSPS) is 11.1. The number of halogens is 2. The maximum atomic E-state index is 13.3. The predicted octanol–water partition coefficient (Wildman–Crippen LogP) is 5.97. The second-order valence-corrected chi connectivity index (χ2v) is 10.1.